The van der Waals surface area contributed by atoms with Gasteiger partial charge in [-0.3, -0.25) is 4.79 Å². The van der Waals surface area contributed by atoms with Gasteiger partial charge in [0.05, 0.1) is 6.10 Å². The number of aliphatic hydroxyl groups excluding tert-OH is 2. The molecule has 0 saturated heterocycles. The Balaban J connectivity index is 2.33. The molecule has 0 aliphatic heterocycles. The van der Waals surface area contributed by atoms with E-state index in [1.54, 1.807) is 6.07 Å². The summed E-state index contributed by atoms with van der Waals surface area (Å²) < 4.78 is 0. The topological polar surface area (TPSA) is 57.5 Å². The van der Waals surface area contributed by atoms with Crippen LogP contribution >= 0.6 is 23.1 Å². The van der Waals surface area contributed by atoms with Crippen LogP contribution in [0.1, 0.15) is 24.3 Å². The molecular weight excluding hydrogens is 232 g/mol. The van der Waals surface area contributed by atoms with E-state index in [1.165, 1.54) is 30.0 Å². The van der Waals surface area contributed by atoms with Crippen LogP contribution in [0.15, 0.2) is 17.5 Å². The monoisotopic (exact) mass is 246 g/mol. The van der Waals surface area contributed by atoms with Gasteiger partial charge < -0.3 is 10.2 Å². The first-order chi connectivity index (χ1) is 7.11. The maximum atomic E-state index is 10.6. The minimum Gasteiger partial charge on any atom is -0.390 e. The second-order valence-electron chi connectivity index (χ2n) is 3.16. The van der Waals surface area contributed by atoms with Crippen LogP contribution in [0.25, 0.3) is 0 Å². The Hall–Kier alpha value is -0.360. The molecule has 0 spiro atoms. The predicted octanol–water partition coefficient (Wildman–Crippen LogP) is 1.81. The SMILES string of the molecule is CC(=O)SCCC(O)C(O)c1cccs1. The first-order valence-electron chi connectivity index (χ1n) is 4.64. The molecule has 2 atom stereocenters. The molecule has 2 unspecified atom stereocenters. The third kappa shape index (κ3) is 4.34. The van der Waals surface area contributed by atoms with Crippen molar-refractivity contribution in [3.05, 3.63) is 22.4 Å². The molecular formula is C10H14O3S2. The molecule has 2 N–H and O–H groups in total. The van der Waals surface area contributed by atoms with Gasteiger partial charge in [0.15, 0.2) is 5.12 Å². The maximum Gasteiger partial charge on any atom is 0.185 e. The minimum atomic E-state index is -0.836. The van der Waals surface area contributed by atoms with Crippen molar-refractivity contribution in [1.29, 1.82) is 0 Å². The summed E-state index contributed by atoms with van der Waals surface area (Å²) in [7, 11) is 0. The Morgan fingerprint density at radius 3 is 2.87 bits per heavy atom. The first kappa shape index (κ1) is 12.7. The lowest BCUT2D eigenvalue weighted by molar-refractivity contribution is -0.109. The number of carbonyl (C=O) groups is 1. The van der Waals surface area contributed by atoms with Gasteiger partial charge in [0, 0.05) is 17.6 Å². The van der Waals surface area contributed by atoms with Crippen LogP contribution in [0.3, 0.4) is 0 Å². The highest BCUT2D eigenvalue weighted by Crippen LogP contribution is 2.24. The van der Waals surface area contributed by atoms with Gasteiger partial charge in [0.25, 0.3) is 0 Å². The third-order valence-corrected chi connectivity index (χ3v) is 3.71. The van der Waals surface area contributed by atoms with Crippen LogP contribution in [0.5, 0.6) is 0 Å². The Morgan fingerprint density at radius 2 is 2.33 bits per heavy atom. The number of hydrogen-bond acceptors (Lipinski definition) is 5. The van der Waals surface area contributed by atoms with Crippen LogP contribution in [-0.2, 0) is 4.79 Å². The van der Waals surface area contributed by atoms with Crippen molar-refractivity contribution < 1.29 is 15.0 Å². The van der Waals surface area contributed by atoms with Crippen LogP contribution in [0.2, 0.25) is 0 Å². The summed E-state index contributed by atoms with van der Waals surface area (Å²) in [6.45, 7) is 1.49. The third-order valence-electron chi connectivity index (χ3n) is 1.92. The number of thioether (sulfide) groups is 1. The fraction of sp³-hybridized carbons (Fsp3) is 0.500. The van der Waals surface area contributed by atoms with Gasteiger partial charge in [-0.1, -0.05) is 17.8 Å². The Kier molecular flexibility index (Phi) is 5.31. The Labute approximate surface area is 97.1 Å². The van der Waals surface area contributed by atoms with Crippen molar-refractivity contribution in [2.75, 3.05) is 5.75 Å². The van der Waals surface area contributed by atoms with Gasteiger partial charge in [0.2, 0.25) is 0 Å². The molecule has 1 rings (SSSR count). The van der Waals surface area contributed by atoms with Gasteiger partial charge in [-0.2, -0.15) is 0 Å². The fourth-order valence-corrected chi connectivity index (χ4v) is 2.55. The zero-order valence-electron chi connectivity index (χ0n) is 8.42. The summed E-state index contributed by atoms with van der Waals surface area (Å²) in [4.78, 5) is 11.4. The highest BCUT2D eigenvalue weighted by molar-refractivity contribution is 8.13. The normalized spacial score (nSPS) is 14.9. The first-order valence-corrected chi connectivity index (χ1v) is 6.50. The van der Waals surface area contributed by atoms with E-state index in [9.17, 15) is 15.0 Å². The minimum absolute atomic E-state index is 0.0350. The molecule has 0 saturated carbocycles. The molecule has 1 aromatic heterocycles. The van der Waals surface area contributed by atoms with E-state index in [0.29, 0.717) is 12.2 Å². The Bertz CT molecular complexity index is 298. The largest absolute Gasteiger partial charge is 0.390 e. The highest BCUT2D eigenvalue weighted by atomic mass is 32.2. The van der Waals surface area contributed by atoms with Crippen molar-refractivity contribution in [2.24, 2.45) is 0 Å². The summed E-state index contributed by atoms with van der Waals surface area (Å²) in [5, 5.41) is 21.2. The van der Waals surface area contributed by atoms with Crippen molar-refractivity contribution >= 4 is 28.2 Å². The van der Waals surface area contributed by atoms with Gasteiger partial charge in [-0.15, -0.1) is 11.3 Å². The Morgan fingerprint density at radius 1 is 1.60 bits per heavy atom. The second kappa shape index (κ2) is 6.27. The number of aliphatic hydroxyl groups is 2. The van der Waals surface area contributed by atoms with Crippen LogP contribution in [0, 0.1) is 0 Å². The molecule has 0 aliphatic rings. The van der Waals surface area contributed by atoms with Crippen LogP contribution < -0.4 is 0 Å². The van der Waals surface area contributed by atoms with Gasteiger partial charge >= 0.3 is 0 Å². The van der Waals surface area contributed by atoms with Gasteiger partial charge in [-0.25, -0.2) is 0 Å². The average molecular weight is 246 g/mol. The molecule has 0 amide bonds. The molecule has 15 heavy (non-hydrogen) atoms. The molecule has 84 valence electrons. The van der Waals surface area contributed by atoms with Crippen LogP contribution in [0.4, 0.5) is 0 Å². The number of thiophene rings is 1. The molecule has 5 heteroatoms. The van der Waals surface area contributed by atoms with Crippen molar-refractivity contribution in [3.8, 4) is 0 Å². The lowest BCUT2D eigenvalue weighted by Crippen LogP contribution is -2.18. The standard InChI is InChI=1S/C10H14O3S2/c1-7(11)14-6-4-8(12)10(13)9-3-2-5-15-9/h2-3,5,8,10,12-13H,4,6H2,1H3. The summed E-state index contributed by atoms with van der Waals surface area (Å²) >= 11 is 2.58. The molecule has 0 fully saturated rings. The number of rotatable bonds is 5. The summed E-state index contributed by atoms with van der Waals surface area (Å²) in [5.41, 5.74) is 0. The van der Waals surface area contributed by atoms with E-state index in [-0.39, 0.29) is 5.12 Å². The van der Waals surface area contributed by atoms with E-state index >= 15 is 0 Å². The molecule has 1 aromatic rings. The summed E-state index contributed by atoms with van der Waals surface area (Å²) in [5.74, 6) is 0.541. The number of carbonyl (C=O) groups excluding carboxylic acids is 1. The van der Waals surface area contributed by atoms with Gasteiger partial charge in [-0.05, 0) is 17.9 Å². The average Bonchev–Trinajstić information content (AvgIpc) is 2.68. The highest BCUT2D eigenvalue weighted by Gasteiger charge is 2.18. The summed E-state index contributed by atoms with van der Waals surface area (Å²) in [6.07, 6.45) is -1.21. The van der Waals surface area contributed by atoms with E-state index in [4.69, 9.17) is 0 Å². The van der Waals surface area contributed by atoms with Crippen molar-refractivity contribution in [3.63, 3.8) is 0 Å². The molecule has 1 heterocycles. The van der Waals surface area contributed by atoms with Crippen LogP contribution in [-0.4, -0.2) is 27.2 Å². The molecule has 0 bridgehead atoms. The van der Waals surface area contributed by atoms with E-state index in [1.807, 2.05) is 11.4 Å². The zero-order chi connectivity index (χ0) is 11.3. The van der Waals surface area contributed by atoms with Crippen molar-refractivity contribution in [1.82, 2.24) is 0 Å². The lowest BCUT2D eigenvalue weighted by Gasteiger charge is -2.15. The molecule has 0 aliphatic carbocycles. The van der Waals surface area contributed by atoms with Gasteiger partial charge in [0.1, 0.15) is 6.10 Å². The smallest absolute Gasteiger partial charge is 0.185 e. The van der Waals surface area contributed by atoms with E-state index < -0.39 is 12.2 Å². The number of hydrogen-bond donors (Lipinski definition) is 2. The lowest BCUT2D eigenvalue weighted by atomic mass is 10.1. The fourth-order valence-electron chi connectivity index (χ4n) is 1.13. The van der Waals surface area contributed by atoms with Crippen molar-refractivity contribution in [2.45, 2.75) is 25.6 Å². The van der Waals surface area contributed by atoms with E-state index in [0.717, 1.165) is 4.88 Å². The predicted molar refractivity (Wildman–Crippen MR) is 63.0 cm³/mol. The molecule has 3 nitrogen and oxygen atoms in total. The zero-order valence-corrected chi connectivity index (χ0v) is 10.1. The molecule has 0 radical (unpaired) electrons. The summed E-state index contributed by atoms with van der Waals surface area (Å²) in [6, 6.07) is 3.62. The second-order valence-corrected chi connectivity index (χ2v) is 5.41. The maximum absolute atomic E-state index is 10.6. The quantitative estimate of drug-likeness (QED) is 0.832. The van der Waals surface area contributed by atoms with E-state index in [2.05, 4.69) is 0 Å². The molecule has 0 aromatic carbocycles.